The van der Waals surface area contributed by atoms with Crippen LogP contribution in [0.25, 0.3) is 0 Å². The summed E-state index contributed by atoms with van der Waals surface area (Å²) in [6, 6.07) is 0. The van der Waals surface area contributed by atoms with E-state index < -0.39 is 34.9 Å². The topological polar surface area (TPSA) is 0 Å². The van der Waals surface area contributed by atoms with Gasteiger partial charge in [-0.05, 0) is 0 Å². The third-order valence-electron chi connectivity index (χ3n) is 0.815. The Hall–Kier alpha value is 0.863. The van der Waals surface area contributed by atoms with Crippen LogP contribution in [0.15, 0.2) is 0 Å². The van der Waals surface area contributed by atoms with Gasteiger partial charge in [0.15, 0.2) is 0 Å². The van der Waals surface area contributed by atoms with Gasteiger partial charge in [-0.1, -0.05) is 0 Å². The second kappa shape index (κ2) is 3.93. The SMILES string of the molecule is FC(F)(F)C(F)(F)[C](F)(F)[Zn].I. The van der Waals surface area contributed by atoms with Crippen molar-refractivity contribution < 1.29 is 49.0 Å². The predicted molar refractivity (Wildman–Crippen MR) is 31.4 cm³/mol. The Kier molecular flexibility index (Phi) is 5.03. The molecule has 0 saturated heterocycles. The van der Waals surface area contributed by atoms with Crippen LogP contribution in [0.2, 0.25) is 0 Å². The third-order valence-corrected chi connectivity index (χ3v) is 1.75. The first-order valence-electron chi connectivity index (χ1n) is 2.18. The summed E-state index contributed by atoms with van der Waals surface area (Å²) in [5.41, 5.74) is 0. The van der Waals surface area contributed by atoms with Gasteiger partial charge in [-0.3, -0.25) is 0 Å². The van der Waals surface area contributed by atoms with Crippen molar-refractivity contribution in [3.05, 3.63) is 0 Å². The van der Waals surface area contributed by atoms with Crippen molar-refractivity contribution in [2.24, 2.45) is 0 Å². The maximum absolute atomic E-state index is 11.6. The minimum Gasteiger partial charge on any atom is -0.107 e. The van der Waals surface area contributed by atoms with Crippen molar-refractivity contribution in [2.75, 3.05) is 0 Å². The van der Waals surface area contributed by atoms with Gasteiger partial charge in [-0.25, -0.2) is 0 Å². The summed E-state index contributed by atoms with van der Waals surface area (Å²) in [5, 5.41) is 0. The molecule has 12 heavy (non-hydrogen) atoms. The van der Waals surface area contributed by atoms with E-state index in [1.165, 1.54) is 0 Å². The molecule has 0 aliphatic carbocycles. The van der Waals surface area contributed by atoms with Gasteiger partial charge < -0.3 is 0 Å². The third kappa shape index (κ3) is 2.97. The molecule has 0 unspecified atom stereocenters. The zero-order valence-corrected chi connectivity index (χ0v) is 10.6. The van der Waals surface area contributed by atoms with Crippen LogP contribution in [0.3, 0.4) is 0 Å². The molecule has 0 nitrogen and oxygen atoms in total. The summed E-state index contributed by atoms with van der Waals surface area (Å²) in [6.07, 6.45) is -6.17. The molecule has 71 valence electrons. The van der Waals surface area contributed by atoms with Crippen LogP contribution in [-0.2, 0) is 18.3 Å². The first-order chi connectivity index (χ1) is 4.50. The van der Waals surface area contributed by atoms with Gasteiger partial charge in [0.1, 0.15) is 0 Å². The molecule has 0 aromatic carbocycles. The van der Waals surface area contributed by atoms with Crippen LogP contribution >= 0.6 is 24.0 Å². The van der Waals surface area contributed by atoms with Crippen molar-refractivity contribution in [1.82, 2.24) is 0 Å². The summed E-state index contributed by atoms with van der Waals surface area (Å²) in [4.78, 5) is 0. The van der Waals surface area contributed by atoms with Crippen LogP contribution in [0, 0.1) is 0 Å². The summed E-state index contributed by atoms with van der Waals surface area (Å²) in [6.45, 7) is 0. The average Bonchev–Trinajstić information content (AvgIpc) is 1.58. The fourth-order valence-corrected chi connectivity index (χ4v) is 0.628. The van der Waals surface area contributed by atoms with E-state index in [-0.39, 0.29) is 24.0 Å². The molecule has 0 bridgehead atoms. The molecule has 0 spiro atoms. The first-order valence-corrected chi connectivity index (χ1v) is 3.66. The van der Waals surface area contributed by atoms with Gasteiger partial charge in [-0.15, -0.1) is 24.0 Å². The van der Waals surface area contributed by atoms with Crippen LogP contribution in [-0.4, -0.2) is 16.6 Å². The van der Waals surface area contributed by atoms with E-state index in [1.54, 1.807) is 0 Å². The van der Waals surface area contributed by atoms with E-state index in [9.17, 15) is 30.7 Å². The first kappa shape index (κ1) is 15.3. The predicted octanol–water partition coefficient (Wildman–Crippen LogP) is 2.94. The Morgan fingerprint density at radius 1 is 0.750 bits per heavy atom. The molecule has 0 aliphatic rings. The molecule has 0 aromatic rings. The Morgan fingerprint density at radius 3 is 1.00 bits per heavy atom. The Labute approximate surface area is 89.6 Å². The normalized spacial score (nSPS) is 14.1. The second-order valence-corrected chi connectivity index (χ2v) is 3.64. The fraction of sp³-hybridized carbons (Fsp3) is 1.00. The second-order valence-electron chi connectivity index (χ2n) is 1.78. The minimum atomic E-state index is -6.17. The molecule has 0 radical (unpaired) electrons. The smallest absolute Gasteiger partial charge is 0.107 e. The van der Waals surface area contributed by atoms with Crippen molar-refractivity contribution in [3.63, 3.8) is 0 Å². The average molecular weight is 362 g/mol. The van der Waals surface area contributed by atoms with E-state index in [0.717, 1.165) is 0 Å². The molecular formula is C3HF7IZn. The maximum Gasteiger partial charge on any atom is -0.107 e. The molecule has 0 N–H and O–H groups in total. The molecule has 0 amide bonds. The molecule has 0 aliphatic heterocycles. The van der Waals surface area contributed by atoms with E-state index in [4.69, 9.17) is 0 Å². The molecule has 0 saturated carbocycles. The summed E-state index contributed by atoms with van der Waals surface area (Å²) in [7, 11) is 0. The number of alkyl halides is 7. The summed E-state index contributed by atoms with van der Waals surface area (Å²) >= 11 is -1.43. The van der Waals surface area contributed by atoms with Crippen molar-refractivity contribution in [2.45, 2.75) is 16.6 Å². The van der Waals surface area contributed by atoms with Gasteiger partial charge in [0.25, 0.3) is 0 Å². The molecule has 0 heterocycles. The number of hydrogen-bond donors (Lipinski definition) is 0. The monoisotopic (exact) mass is 361 g/mol. The van der Waals surface area contributed by atoms with Gasteiger partial charge in [0.05, 0.1) is 0 Å². The summed E-state index contributed by atoms with van der Waals surface area (Å²) in [5.74, 6) is -5.90. The minimum absolute atomic E-state index is 0. The zero-order valence-electron chi connectivity index (χ0n) is 5.26. The standard InChI is InChI=1S/C3F7.HI.Zn/c4-1(5)2(6,7)3(8,9)10;;/h;1H;. The quantitative estimate of drug-likeness (QED) is 0.382. The van der Waals surface area contributed by atoms with Gasteiger partial charge in [-0.2, -0.15) is 0 Å². The molecule has 9 heteroatoms. The number of rotatable bonds is 1. The molecule has 0 atom stereocenters. The summed E-state index contributed by atoms with van der Waals surface area (Å²) < 4.78 is 74.8. The van der Waals surface area contributed by atoms with Crippen LogP contribution in [0.4, 0.5) is 30.7 Å². The van der Waals surface area contributed by atoms with Crippen molar-refractivity contribution >= 4 is 24.0 Å². The molecular weight excluding hydrogens is 361 g/mol. The van der Waals surface area contributed by atoms with Crippen LogP contribution < -0.4 is 0 Å². The fourth-order valence-electron chi connectivity index (χ4n) is 0.207. The van der Waals surface area contributed by atoms with E-state index in [1.807, 2.05) is 0 Å². The van der Waals surface area contributed by atoms with Gasteiger partial charge >= 0.3 is 65.7 Å². The van der Waals surface area contributed by atoms with Crippen molar-refractivity contribution in [1.29, 1.82) is 0 Å². The van der Waals surface area contributed by atoms with Gasteiger partial charge in [0, 0.05) is 0 Å². The van der Waals surface area contributed by atoms with E-state index in [2.05, 4.69) is 0 Å². The maximum atomic E-state index is 11.6. The number of halogens is 8. The molecule has 0 rings (SSSR count). The number of hydrogen-bond acceptors (Lipinski definition) is 0. The van der Waals surface area contributed by atoms with E-state index in [0.29, 0.717) is 0 Å². The van der Waals surface area contributed by atoms with E-state index >= 15 is 0 Å². The van der Waals surface area contributed by atoms with Gasteiger partial charge in [0.2, 0.25) is 0 Å². The Balaban J connectivity index is 0. The Bertz CT molecular complexity index is 130. The van der Waals surface area contributed by atoms with Crippen LogP contribution in [0.5, 0.6) is 0 Å². The zero-order chi connectivity index (χ0) is 9.50. The Morgan fingerprint density at radius 2 is 1.00 bits per heavy atom. The van der Waals surface area contributed by atoms with Crippen LogP contribution in [0.1, 0.15) is 0 Å². The van der Waals surface area contributed by atoms with Crippen molar-refractivity contribution in [3.8, 4) is 0 Å². The molecule has 0 fully saturated rings. The largest absolute Gasteiger partial charge is 0.107 e. The molecule has 0 aromatic heterocycles.